The predicted octanol–water partition coefficient (Wildman–Crippen LogP) is 4.26. The summed E-state index contributed by atoms with van der Waals surface area (Å²) in [5.41, 5.74) is 1.30. The molecule has 1 aromatic carbocycles. The monoisotopic (exact) mass is 326 g/mol. The number of halogens is 3. The molecule has 0 atom stereocenters. The molecule has 0 aliphatic rings. The summed E-state index contributed by atoms with van der Waals surface area (Å²) in [6, 6.07) is 9.17. The number of hydrogen-bond donors (Lipinski definition) is 1. The number of carbonyl (C=O) groups is 2. The molecule has 2 aromatic rings. The Labute approximate surface area is 127 Å². The number of ketones is 1. The maximum Gasteiger partial charge on any atom is 0.455 e. The summed E-state index contributed by atoms with van der Waals surface area (Å²) < 4.78 is 37.1. The molecule has 0 radical (unpaired) electrons. The smallest absolute Gasteiger partial charge is 0.455 e. The third-order valence-corrected chi connectivity index (χ3v) is 3.83. The molecule has 0 fully saturated rings. The van der Waals surface area contributed by atoms with Gasteiger partial charge in [0.05, 0.1) is 4.88 Å². The first-order valence-electron chi connectivity index (χ1n) is 6.00. The van der Waals surface area contributed by atoms with Crippen LogP contribution in [0.4, 0.5) is 13.2 Å². The molecule has 1 N–H and O–H groups in total. The van der Waals surface area contributed by atoms with Gasteiger partial charge in [-0.3, -0.25) is 4.79 Å². The largest absolute Gasteiger partial charge is 0.478 e. The second-order valence-electron chi connectivity index (χ2n) is 4.28. The Morgan fingerprint density at radius 1 is 1.05 bits per heavy atom. The Hall–Kier alpha value is -2.41. The first-order chi connectivity index (χ1) is 10.3. The van der Waals surface area contributed by atoms with Gasteiger partial charge in [0.2, 0.25) is 0 Å². The van der Waals surface area contributed by atoms with Crippen molar-refractivity contribution < 1.29 is 27.9 Å². The number of thiophene rings is 1. The van der Waals surface area contributed by atoms with E-state index in [1.807, 2.05) is 0 Å². The summed E-state index contributed by atoms with van der Waals surface area (Å²) in [4.78, 5) is 21.7. The Morgan fingerprint density at radius 2 is 1.68 bits per heavy atom. The average Bonchev–Trinajstić information content (AvgIpc) is 2.93. The van der Waals surface area contributed by atoms with Crippen LogP contribution in [0.15, 0.2) is 42.5 Å². The van der Waals surface area contributed by atoms with Gasteiger partial charge in [-0.15, -0.1) is 11.3 Å². The third-order valence-electron chi connectivity index (χ3n) is 2.70. The van der Waals surface area contributed by atoms with Crippen LogP contribution in [0, 0.1) is 0 Å². The van der Waals surface area contributed by atoms with Crippen molar-refractivity contribution in [1.29, 1.82) is 0 Å². The Balaban J connectivity index is 2.21. The molecule has 0 spiro atoms. The van der Waals surface area contributed by atoms with Gasteiger partial charge >= 0.3 is 12.1 Å². The number of hydrogen-bond acceptors (Lipinski definition) is 3. The molecule has 7 heteroatoms. The van der Waals surface area contributed by atoms with Crippen molar-refractivity contribution in [2.45, 2.75) is 6.18 Å². The van der Waals surface area contributed by atoms with Crippen LogP contribution >= 0.6 is 11.3 Å². The van der Waals surface area contributed by atoms with Crippen LogP contribution in [0.5, 0.6) is 0 Å². The molecule has 22 heavy (non-hydrogen) atoms. The molecule has 3 nitrogen and oxygen atoms in total. The van der Waals surface area contributed by atoms with Crippen molar-refractivity contribution in [1.82, 2.24) is 0 Å². The van der Waals surface area contributed by atoms with Crippen LogP contribution in [-0.4, -0.2) is 23.0 Å². The lowest BCUT2D eigenvalue weighted by molar-refractivity contribution is -0.131. The van der Waals surface area contributed by atoms with Crippen LogP contribution in [0.2, 0.25) is 0 Å². The number of carboxylic acids is 1. The predicted molar refractivity (Wildman–Crippen MR) is 76.8 cm³/mol. The van der Waals surface area contributed by atoms with Gasteiger partial charge in [-0.1, -0.05) is 24.3 Å². The molecule has 0 aliphatic carbocycles. The van der Waals surface area contributed by atoms with Crippen molar-refractivity contribution in [3.63, 3.8) is 0 Å². The quantitative estimate of drug-likeness (QED) is 0.675. The van der Waals surface area contributed by atoms with Crippen LogP contribution in [0.3, 0.4) is 0 Å². The number of carbonyl (C=O) groups excluding carboxylic acids is 1. The number of rotatable bonds is 4. The van der Waals surface area contributed by atoms with E-state index in [4.69, 9.17) is 5.11 Å². The van der Waals surface area contributed by atoms with Gasteiger partial charge < -0.3 is 5.11 Å². The Morgan fingerprint density at radius 3 is 2.23 bits per heavy atom. The highest BCUT2D eigenvalue weighted by Crippen LogP contribution is 2.32. The number of alkyl halides is 3. The molecule has 0 unspecified atom stereocenters. The molecule has 0 aliphatic heterocycles. The molecule has 0 bridgehead atoms. The van der Waals surface area contributed by atoms with E-state index in [1.165, 1.54) is 12.1 Å². The maximum absolute atomic E-state index is 12.4. The molecule has 2 rings (SSSR count). The minimum Gasteiger partial charge on any atom is -0.478 e. The first-order valence-corrected chi connectivity index (χ1v) is 6.82. The van der Waals surface area contributed by atoms with Gasteiger partial charge in [-0.25, -0.2) is 4.79 Å². The van der Waals surface area contributed by atoms with Crippen LogP contribution in [0.1, 0.15) is 15.2 Å². The van der Waals surface area contributed by atoms with E-state index in [0.717, 1.165) is 23.5 Å². The fourth-order valence-electron chi connectivity index (χ4n) is 1.68. The van der Waals surface area contributed by atoms with Crippen LogP contribution in [-0.2, 0) is 4.79 Å². The van der Waals surface area contributed by atoms with E-state index in [9.17, 15) is 22.8 Å². The van der Waals surface area contributed by atoms with Crippen molar-refractivity contribution in [3.05, 3.63) is 52.9 Å². The molecule has 1 heterocycles. The highest BCUT2D eigenvalue weighted by atomic mass is 32.1. The molecule has 114 valence electrons. The van der Waals surface area contributed by atoms with Gasteiger partial charge in [-0.2, -0.15) is 13.2 Å². The van der Waals surface area contributed by atoms with Crippen molar-refractivity contribution in [2.75, 3.05) is 0 Å². The SMILES string of the molecule is O=C(O)C=Cc1ccc(-c2ccc(C(=O)C(F)(F)F)s2)cc1. The fraction of sp³-hybridized carbons (Fsp3) is 0.0667. The van der Waals surface area contributed by atoms with E-state index in [-0.39, 0.29) is 4.88 Å². The standard InChI is InChI=1S/C15H9F3O3S/c16-15(17,18)14(21)12-7-6-11(22-12)10-4-1-9(2-5-10)3-8-13(19)20/h1-8H,(H,19,20). The Bertz CT molecular complexity index is 727. The van der Waals surface area contributed by atoms with E-state index >= 15 is 0 Å². The van der Waals surface area contributed by atoms with Crippen molar-refractivity contribution in [3.8, 4) is 10.4 Å². The summed E-state index contributed by atoms with van der Waals surface area (Å²) in [6.45, 7) is 0. The highest BCUT2D eigenvalue weighted by Gasteiger charge is 2.40. The van der Waals surface area contributed by atoms with E-state index in [0.29, 0.717) is 16.0 Å². The number of Topliss-reactive ketones (excluding diaryl/α,β-unsaturated/α-hetero) is 1. The van der Waals surface area contributed by atoms with Gasteiger partial charge in [0, 0.05) is 11.0 Å². The minimum atomic E-state index is -4.88. The van der Waals surface area contributed by atoms with E-state index in [2.05, 4.69) is 0 Å². The summed E-state index contributed by atoms with van der Waals surface area (Å²) in [6.07, 6.45) is -2.49. The van der Waals surface area contributed by atoms with Gasteiger partial charge in [0.1, 0.15) is 0 Å². The van der Waals surface area contributed by atoms with Crippen LogP contribution in [0.25, 0.3) is 16.5 Å². The summed E-state index contributed by atoms with van der Waals surface area (Å²) in [5, 5.41) is 8.52. The fourth-order valence-corrected chi connectivity index (χ4v) is 2.65. The second-order valence-corrected chi connectivity index (χ2v) is 5.37. The molecule has 0 amide bonds. The topological polar surface area (TPSA) is 54.4 Å². The zero-order valence-electron chi connectivity index (χ0n) is 10.9. The lowest BCUT2D eigenvalue weighted by atomic mass is 10.1. The average molecular weight is 326 g/mol. The molecule has 1 aromatic heterocycles. The zero-order valence-corrected chi connectivity index (χ0v) is 11.7. The van der Waals surface area contributed by atoms with Gasteiger partial charge in [0.25, 0.3) is 5.78 Å². The summed E-state index contributed by atoms with van der Waals surface area (Å²) in [5.74, 6) is -2.93. The van der Waals surface area contributed by atoms with Crippen molar-refractivity contribution in [2.24, 2.45) is 0 Å². The number of carboxylic acid groups (broad SMARTS) is 1. The highest BCUT2D eigenvalue weighted by molar-refractivity contribution is 7.17. The lowest BCUT2D eigenvalue weighted by Crippen LogP contribution is -2.21. The van der Waals surface area contributed by atoms with E-state index < -0.39 is 17.9 Å². The molecular formula is C15H9F3O3S. The molecule has 0 saturated heterocycles. The lowest BCUT2D eigenvalue weighted by Gasteiger charge is -2.01. The first kappa shape index (κ1) is 16.0. The maximum atomic E-state index is 12.4. The Kier molecular flexibility index (Phi) is 4.46. The molecular weight excluding hydrogens is 317 g/mol. The zero-order chi connectivity index (χ0) is 16.3. The minimum absolute atomic E-state index is 0.364. The van der Waals surface area contributed by atoms with Gasteiger partial charge in [-0.05, 0) is 29.3 Å². The summed E-state index contributed by atoms with van der Waals surface area (Å²) in [7, 11) is 0. The second kappa shape index (κ2) is 6.15. The number of aliphatic carboxylic acids is 1. The van der Waals surface area contributed by atoms with E-state index in [1.54, 1.807) is 24.3 Å². The molecule has 0 saturated carbocycles. The normalized spacial score (nSPS) is 11.8. The number of benzene rings is 1. The van der Waals surface area contributed by atoms with Crippen LogP contribution < -0.4 is 0 Å². The van der Waals surface area contributed by atoms with Gasteiger partial charge in [0.15, 0.2) is 0 Å². The van der Waals surface area contributed by atoms with Crippen molar-refractivity contribution >= 4 is 29.2 Å². The summed E-state index contributed by atoms with van der Waals surface area (Å²) >= 11 is 0.763. The third kappa shape index (κ3) is 3.82.